The van der Waals surface area contributed by atoms with E-state index in [0.717, 1.165) is 19.4 Å². The molecule has 1 aromatic heterocycles. The van der Waals surface area contributed by atoms with Crippen molar-refractivity contribution in [3.05, 3.63) is 56.2 Å². The van der Waals surface area contributed by atoms with Crippen LogP contribution in [0.4, 0.5) is 0 Å². The topological polar surface area (TPSA) is 12.0 Å². The Balaban J connectivity index is 1.93. The molecule has 1 atom stereocenters. The van der Waals surface area contributed by atoms with E-state index in [-0.39, 0.29) is 0 Å². The average Bonchev–Trinajstić information content (AvgIpc) is 2.91. The van der Waals surface area contributed by atoms with Crippen molar-refractivity contribution in [3.63, 3.8) is 0 Å². The van der Waals surface area contributed by atoms with E-state index in [4.69, 9.17) is 23.2 Å². The Morgan fingerprint density at radius 3 is 2.68 bits per heavy atom. The fraction of sp³-hybridized carbons (Fsp3) is 0.333. The van der Waals surface area contributed by atoms with Crippen LogP contribution in [0.15, 0.2) is 35.0 Å². The molecule has 19 heavy (non-hydrogen) atoms. The second kappa shape index (κ2) is 7.30. The van der Waals surface area contributed by atoms with Crippen molar-refractivity contribution < 1.29 is 0 Å². The first-order chi connectivity index (χ1) is 9.20. The molecule has 1 unspecified atom stereocenters. The maximum Gasteiger partial charge on any atom is 0.0595 e. The van der Waals surface area contributed by atoms with Gasteiger partial charge in [0.1, 0.15) is 0 Å². The minimum absolute atomic E-state index is 0.327. The van der Waals surface area contributed by atoms with E-state index < -0.39 is 0 Å². The summed E-state index contributed by atoms with van der Waals surface area (Å²) in [5.41, 5.74) is 2.59. The van der Waals surface area contributed by atoms with Crippen molar-refractivity contribution in [1.29, 1.82) is 0 Å². The van der Waals surface area contributed by atoms with Gasteiger partial charge in [-0.05, 0) is 59.5 Å². The molecule has 1 aromatic carbocycles. The van der Waals surface area contributed by atoms with Gasteiger partial charge in [0, 0.05) is 6.04 Å². The SMILES string of the molecule is CCC(NCCc1ccsc1)c1ccc(Cl)c(Cl)c1. The second-order valence-electron chi connectivity index (χ2n) is 4.47. The van der Waals surface area contributed by atoms with Gasteiger partial charge >= 0.3 is 0 Å². The Labute approximate surface area is 128 Å². The second-order valence-corrected chi connectivity index (χ2v) is 6.06. The standard InChI is InChI=1S/C15H17Cl2NS/c1-2-15(12-3-4-13(16)14(17)9-12)18-7-5-11-6-8-19-10-11/h3-4,6,8-10,15,18H,2,5,7H2,1H3. The van der Waals surface area contributed by atoms with E-state index in [1.165, 1.54) is 11.1 Å². The van der Waals surface area contributed by atoms with E-state index in [1.807, 2.05) is 18.2 Å². The number of nitrogens with one attached hydrogen (secondary N) is 1. The molecule has 1 heterocycles. The largest absolute Gasteiger partial charge is 0.310 e. The first kappa shape index (κ1) is 14.9. The predicted octanol–water partition coefficient (Wildman–Crippen LogP) is 5.34. The third kappa shape index (κ3) is 4.22. The molecule has 0 amide bonds. The highest BCUT2D eigenvalue weighted by Crippen LogP contribution is 2.26. The van der Waals surface area contributed by atoms with Crippen molar-refractivity contribution in [2.75, 3.05) is 6.54 Å². The molecular weight excluding hydrogens is 297 g/mol. The highest BCUT2D eigenvalue weighted by atomic mass is 35.5. The van der Waals surface area contributed by atoms with Gasteiger partial charge in [-0.1, -0.05) is 36.2 Å². The lowest BCUT2D eigenvalue weighted by molar-refractivity contribution is 0.523. The van der Waals surface area contributed by atoms with E-state index in [2.05, 4.69) is 29.1 Å². The zero-order valence-corrected chi connectivity index (χ0v) is 13.2. The van der Waals surface area contributed by atoms with Crippen LogP contribution in [-0.2, 0) is 6.42 Å². The third-order valence-electron chi connectivity index (χ3n) is 3.14. The minimum Gasteiger partial charge on any atom is -0.310 e. The van der Waals surface area contributed by atoms with E-state index in [1.54, 1.807) is 11.3 Å². The normalized spacial score (nSPS) is 12.6. The molecule has 0 aliphatic rings. The van der Waals surface area contributed by atoms with Crippen molar-refractivity contribution >= 4 is 34.5 Å². The van der Waals surface area contributed by atoms with Gasteiger partial charge in [0.2, 0.25) is 0 Å². The van der Waals surface area contributed by atoms with Crippen molar-refractivity contribution in [3.8, 4) is 0 Å². The summed E-state index contributed by atoms with van der Waals surface area (Å²) in [6.45, 7) is 3.14. The summed E-state index contributed by atoms with van der Waals surface area (Å²) in [7, 11) is 0. The zero-order valence-electron chi connectivity index (χ0n) is 10.8. The smallest absolute Gasteiger partial charge is 0.0595 e. The molecule has 0 aliphatic heterocycles. The lowest BCUT2D eigenvalue weighted by Crippen LogP contribution is -2.23. The first-order valence-corrected chi connectivity index (χ1v) is 8.10. The summed E-state index contributed by atoms with van der Waals surface area (Å²) in [5.74, 6) is 0. The molecular formula is C15H17Cl2NS. The number of thiophene rings is 1. The van der Waals surface area contributed by atoms with Gasteiger partial charge in [-0.2, -0.15) is 11.3 Å². The van der Waals surface area contributed by atoms with Crippen molar-refractivity contribution in [1.82, 2.24) is 5.32 Å². The molecule has 0 saturated heterocycles. The fourth-order valence-electron chi connectivity index (χ4n) is 2.05. The van der Waals surface area contributed by atoms with Crippen LogP contribution < -0.4 is 5.32 Å². The Morgan fingerprint density at radius 1 is 1.21 bits per heavy atom. The molecule has 0 spiro atoms. The fourth-order valence-corrected chi connectivity index (χ4v) is 3.06. The number of hydrogen-bond acceptors (Lipinski definition) is 2. The van der Waals surface area contributed by atoms with Crippen LogP contribution >= 0.6 is 34.5 Å². The van der Waals surface area contributed by atoms with Gasteiger partial charge in [0.05, 0.1) is 10.0 Å². The maximum absolute atomic E-state index is 6.07. The van der Waals surface area contributed by atoms with Crippen LogP contribution in [0.3, 0.4) is 0 Å². The summed E-state index contributed by atoms with van der Waals surface area (Å²) in [4.78, 5) is 0. The lowest BCUT2D eigenvalue weighted by atomic mass is 10.0. The first-order valence-electron chi connectivity index (χ1n) is 6.40. The summed E-state index contributed by atoms with van der Waals surface area (Å²) in [6, 6.07) is 8.36. The van der Waals surface area contributed by atoms with Crippen LogP contribution in [-0.4, -0.2) is 6.54 Å². The van der Waals surface area contributed by atoms with E-state index in [9.17, 15) is 0 Å². The van der Waals surface area contributed by atoms with Gasteiger partial charge in [0.25, 0.3) is 0 Å². The number of halogens is 2. The van der Waals surface area contributed by atoms with Crippen LogP contribution in [0, 0.1) is 0 Å². The van der Waals surface area contributed by atoms with Crippen LogP contribution in [0.25, 0.3) is 0 Å². The molecule has 2 aromatic rings. The number of rotatable bonds is 6. The predicted molar refractivity (Wildman–Crippen MR) is 85.5 cm³/mol. The van der Waals surface area contributed by atoms with Gasteiger partial charge in [-0.25, -0.2) is 0 Å². The Morgan fingerprint density at radius 2 is 2.05 bits per heavy atom. The molecule has 0 aliphatic carbocycles. The summed E-state index contributed by atoms with van der Waals surface area (Å²) >= 11 is 13.8. The number of benzene rings is 1. The molecule has 1 nitrogen and oxygen atoms in total. The molecule has 0 saturated carbocycles. The van der Waals surface area contributed by atoms with Gasteiger partial charge in [-0.15, -0.1) is 0 Å². The Bertz CT molecular complexity index is 511. The molecule has 0 bridgehead atoms. The van der Waals surface area contributed by atoms with Crippen LogP contribution in [0.5, 0.6) is 0 Å². The average molecular weight is 314 g/mol. The molecule has 0 radical (unpaired) electrons. The molecule has 0 fully saturated rings. The Hall–Kier alpha value is -0.540. The molecule has 1 N–H and O–H groups in total. The Kier molecular flexibility index (Phi) is 5.71. The van der Waals surface area contributed by atoms with Crippen LogP contribution in [0.2, 0.25) is 10.0 Å². The minimum atomic E-state index is 0.327. The third-order valence-corrected chi connectivity index (χ3v) is 4.61. The monoisotopic (exact) mass is 313 g/mol. The van der Waals surface area contributed by atoms with Gasteiger partial charge < -0.3 is 5.32 Å². The lowest BCUT2D eigenvalue weighted by Gasteiger charge is -2.18. The van der Waals surface area contributed by atoms with Crippen molar-refractivity contribution in [2.24, 2.45) is 0 Å². The van der Waals surface area contributed by atoms with Crippen LogP contribution in [0.1, 0.15) is 30.5 Å². The van der Waals surface area contributed by atoms with Crippen molar-refractivity contribution in [2.45, 2.75) is 25.8 Å². The molecule has 102 valence electrons. The number of hydrogen-bond donors (Lipinski definition) is 1. The summed E-state index contributed by atoms with van der Waals surface area (Å²) in [6.07, 6.45) is 2.09. The highest BCUT2D eigenvalue weighted by molar-refractivity contribution is 7.07. The van der Waals surface area contributed by atoms with E-state index in [0.29, 0.717) is 16.1 Å². The van der Waals surface area contributed by atoms with Gasteiger partial charge in [-0.3, -0.25) is 0 Å². The zero-order chi connectivity index (χ0) is 13.7. The summed E-state index contributed by atoms with van der Waals surface area (Å²) < 4.78 is 0. The molecule has 2 rings (SSSR count). The molecule has 4 heteroatoms. The van der Waals surface area contributed by atoms with E-state index >= 15 is 0 Å². The maximum atomic E-state index is 6.07. The quantitative estimate of drug-likeness (QED) is 0.759. The van der Waals surface area contributed by atoms with Gasteiger partial charge in [0.15, 0.2) is 0 Å². The highest BCUT2D eigenvalue weighted by Gasteiger charge is 2.10. The summed E-state index contributed by atoms with van der Waals surface area (Å²) in [5, 5.41) is 9.12.